The molecule has 2 rings (SSSR count). The van der Waals surface area contributed by atoms with Crippen LogP contribution in [-0.4, -0.2) is 25.1 Å². The molecule has 0 spiro atoms. The van der Waals surface area contributed by atoms with Gasteiger partial charge in [0.25, 0.3) is 5.91 Å². The topological polar surface area (TPSA) is 64.6 Å². The van der Waals surface area contributed by atoms with E-state index >= 15 is 0 Å². The molecule has 0 aliphatic carbocycles. The predicted molar refractivity (Wildman–Crippen MR) is 82.7 cm³/mol. The third kappa shape index (κ3) is 5.43. The molecule has 2 aromatic rings. The Kier molecular flexibility index (Phi) is 5.68. The second kappa shape index (κ2) is 7.93. The number of hydrogen-bond donors (Lipinski definition) is 1. The fourth-order valence-electron chi connectivity index (χ4n) is 1.77. The van der Waals surface area contributed by atoms with Crippen LogP contribution >= 0.6 is 0 Å². The standard InChI is InChI=1S/C17H16FNO4/c1-12-4-2-3-5-15(12)22-11-17(21)23-10-16(20)19-14-8-6-13(18)7-9-14/h2-9H,10-11H2,1H3,(H,19,20). The maximum Gasteiger partial charge on any atom is 0.344 e. The number of carbonyl (C=O) groups excluding carboxylic acids is 2. The van der Waals surface area contributed by atoms with Gasteiger partial charge in [0, 0.05) is 5.69 Å². The van der Waals surface area contributed by atoms with Crippen LogP contribution in [0.25, 0.3) is 0 Å². The first-order valence-electron chi connectivity index (χ1n) is 6.94. The summed E-state index contributed by atoms with van der Waals surface area (Å²) >= 11 is 0. The van der Waals surface area contributed by atoms with Crippen molar-refractivity contribution in [1.82, 2.24) is 0 Å². The summed E-state index contributed by atoms with van der Waals surface area (Å²) in [7, 11) is 0. The summed E-state index contributed by atoms with van der Waals surface area (Å²) in [6.07, 6.45) is 0. The fraction of sp³-hybridized carbons (Fsp3) is 0.176. The van der Waals surface area contributed by atoms with E-state index in [-0.39, 0.29) is 6.61 Å². The van der Waals surface area contributed by atoms with Gasteiger partial charge in [0.1, 0.15) is 11.6 Å². The fourth-order valence-corrected chi connectivity index (χ4v) is 1.77. The number of nitrogens with one attached hydrogen (secondary N) is 1. The van der Waals surface area contributed by atoms with Crippen LogP contribution in [0.5, 0.6) is 5.75 Å². The zero-order valence-corrected chi connectivity index (χ0v) is 12.5. The van der Waals surface area contributed by atoms with Gasteiger partial charge in [0.2, 0.25) is 0 Å². The third-order valence-corrected chi connectivity index (χ3v) is 2.93. The van der Waals surface area contributed by atoms with Crippen LogP contribution in [0, 0.1) is 12.7 Å². The number of rotatable bonds is 6. The Morgan fingerprint density at radius 3 is 2.43 bits per heavy atom. The van der Waals surface area contributed by atoms with E-state index in [1.54, 1.807) is 12.1 Å². The number of ether oxygens (including phenoxy) is 2. The van der Waals surface area contributed by atoms with E-state index in [2.05, 4.69) is 5.32 Å². The molecule has 0 aliphatic rings. The van der Waals surface area contributed by atoms with Gasteiger partial charge in [-0.2, -0.15) is 0 Å². The Labute approximate surface area is 133 Å². The molecule has 0 saturated carbocycles. The van der Waals surface area contributed by atoms with Gasteiger partial charge in [-0.15, -0.1) is 0 Å². The van der Waals surface area contributed by atoms with Crippen molar-refractivity contribution in [3.63, 3.8) is 0 Å². The number of aryl methyl sites for hydroxylation is 1. The first-order valence-corrected chi connectivity index (χ1v) is 6.94. The second-order valence-corrected chi connectivity index (χ2v) is 4.77. The van der Waals surface area contributed by atoms with Gasteiger partial charge >= 0.3 is 5.97 Å². The molecule has 0 heterocycles. The Morgan fingerprint density at radius 2 is 1.74 bits per heavy atom. The molecular weight excluding hydrogens is 301 g/mol. The molecule has 0 atom stereocenters. The van der Waals surface area contributed by atoms with Gasteiger partial charge in [0.05, 0.1) is 0 Å². The zero-order valence-electron chi connectivity index (χ0n) is 12.5. The van der Waals surface area contributed by atoms with Crippen LogP contribution in [-0.2, 0) is 14.3 Å². The highest BCUT2D eigenvalue weighted by Gasteiger charge is 2.09. The van der Waals surface area contributed by atoms with Gasteiger partial charge in [-0.05, 0) is 42.8 Å². The predicted octanol–water partition coefficient (Wildman–Crippen LogP) is 2.69. The smallest absolute Gasteiger partial charge is 0.344 e. The summed E-state index contributed by atoms with van der Waals surface area (Å²) in [6.45, 7) is 1.14. The van der Waals surface area contributed by atoms with E-state index in [1.165, 1.54) is 24.3 Å². The van der Waals surface area contributed by atoms with Crippen molar-refractivity contribution in [2.24, 2.45) is 0 Å². The molecule has 0 unspecified atom stereocenters. The number of carbonyl (C=O) groups is 2. The van der Waals surface area contributed by atoms with Crippen molar-refractivity contribution in [1.29, 1.82) is 0 Å². The largest absolute Gasteiger partial charge is 0.482 e. The number of benzene rings is 2. The van der Waals surface area contributed by atoms with Crippen molar-refractivity contribution in [2.45, 2.75) is 6.92 Å². The molecule has 120 valence electrons. The molecule has 0 aromatic heterocycles. The molecule has 0 radical (unpaired) electrons. The summed E-state index contributed by atoms with van der Waals surface area (Å²) in [4.78, 5) is 23.2. The molecule has 23 heavy (non-hydrogen) atoms. The normalized spacial score (nSPS) is 10.0. The van der Waals surface area contributed by atoms with Gasteiger partial charge in [-0.25, -0.2) is 9.18 Å². The van der Waals surface area contributed by atoms with Gasteiger partial charge < -0.3 is 14.8 Å². The van der Waals surface area contributed by atoms with E-state index in [0.717, 1.165) is 5.56 Å². The Balaban J connectivity index is 1.72. The minimum Gasteiger partial charge on any atom is -0.482 e. The van der Waals surface area contributed by atoms with Crippen LogP contribution in [0.15, 0.2) is 48.5 Å². The van der Waals surface area contributed by atoms with Gasteiger partial charge in [0.15, 0.2) is 13.2 Å². The van der Waals surface area contributed by atoms with Crippen LogP contribution in [0.3, 0.4) is 0 Å². The highest BCUT2D eigenvalue weighted by molar-refractivity contribution is 5.92. The van der Waals surface area contributed by atoms with Gasteiger partial charge in [-0.3, -0.25) is 4.79 Å². The highest BCUT2D eigenvalue weighted by Crippen LogP contribution is 2.15. The molecule has 0 aliphatic heterocycles. The minimum absolute atomic E-state index is 0.283. The number of anilines is 1. The summed E-state index contributed by atoms with van der Waals surface area (Å²) in [5, 5.41) is 2.48. The Hall–Kier alpha value is -2.89. The first kappa shape index (κ1) is 16.5. The lowest BCUT2D eigenvalue weighted by Crippen LogP contribution is -2.23. The Morgan fingerprint density at radius 1 is 1.04 bits per heavy atom. The van der Waals surface area contributed by atoms with Gasteiger partial charge in [-0.1, -0.05) is 18.2 Å². The number of para-hydroxylation sites is 1. The molecule has 2 aromatic carbocycles. The molecule has 6 heteroatoms. The number of amides is 1. The van der Waals surface area contributed by atoms with E-state index in [1.807, 2.05) is 19.1 Å². The van der Waals surface area contributed by atoms with Crippen LogP contribution in [0.2, 0.25) is 0 Å². The number of halogens is 1. The summed E-state index contributed by atoms with van der Waals surface area (Å²) in [5.41, 5.74) is 1.32. The summed E-state index contributed by atoms with van der Waals surface area (Å²) in [5.74, 6) is -0.980. The summed E-state index contributed by atoms with van der Waals surface area (Å²) in [6, 6.07) is 12.5. The summed E-state index contributed by atoms with van der Waals surface area (Å²) < 4.78 is 22.9. The second-order valence-electron chi connectivity index (χ2n) is 4.77. The molecule has 1 amide bonds. The quantitative estimate of drug-likeness (QED) is 0.832. The molecule has 5 nitrogen and oxygen atoms in total. The van der Waals surface area contributed by atoms with Crippen LogP contribution in [0.1, 0.15) is 5.56 Å². The highest BCUT2D eigenvalue weighted by atomic mass is 19.1. The van der Waals surface area contributed by atoms with Crippen molar-refractivity contribution >= 4 is 17.6 Å². The lowest BCUT2D eigenvalue weighted by atomic mass is 10.2. The van der Waals surface area contributed by atoms with Crippen molar-refractivity contribution in [3.8, 4) is 5.75 Å². The van der Waals surface area contributed by atoms with Crippen molar-refractivity contribution in [3.05, 3.63) is 59.9 Å². The lowest BCUT2D eigenvalue weighted by molar-refractivity contribution is -0.149. The van der Waals surface area contributed by atoms with Crippen LogP contribution in [0.4, 0.5) is 10.1 Å². The average Bonchev–Trinajstić information content (AvgIpc) is 2.54. The monoisotopic (exact) mass is 317 g/mol. The zero-order chi connectivity index (χ0) is 16.7. The SMILES string of the molecule is Cc1ccccc1OCC(=O)OCC(=O)Nc1ccc(F)cc1. The van der Waals surface area contributed by atoms with Crippen molar-refractivity contribution in [2.75, 3.05) is 18.5 Å². The van der Waals surface area contributed by atoms with E-state index in [9.17, 15) is 14.0 Å². The lowest BCUT2D eigenvalue weighted by Gasteiger charge is -2.09. The third-order valence-electron chi connectivity index (χ3n) is 2.93. The molecule has 0 bridgehead atoms. The average molecular weight is 317 g/mol. The maximum absolute atomic E-state index is 12.7. The molecule has 0 saturated heterocycles. The first-order chi connectivity index (χ1) is 11.0. The molecular formula is C17H16FNO4. The number of hydrogen-bond acceptors (Lipinski definition) is 4. The molecule has 0 fully saturated rings. The maximum atomic E-state index is 12.7. The van der Waals surface area contributed by atoms with E-state index in [4.69, 9.17) is 9.47 Å². The van der Waals surface area contributed by atoms with Crippen molar-refractivity contribution < 1.29 is 23.5 Å². The Bertz CT molecular complexity index is 685. The molecule has 1 N–H and O–H groups in total. The number of esters is 1. The van der Waals surface area contributed by atoms with E-state index in [0.29, 0.717) is 11.4 Å². The minimum atomic E-state index is -0.650. The van der Waals surface area contributed by atoms with E-state index < -0.39 is 24.3 Å². The van der Waals surface area contributed by atoms with Crippen LogP contribution < -0.4 is 10.1 Å².